The molecule has 0 aliphatic carbocycles. The van der Waals surface area contributed by atoms with Crippen LogP contribution in [0.15, 0.2) is 36.1 Å². The summed E-state index contributed by atoms with van der Waals surface area (Å²) < 4.78 is 1.57. The first-order valence-electron chi connectivity index (χ1n) is 7.61. The zero-order valence-electron chi connectivity index (χ0n) is 13.3. The van der Waals surface area contributed by atoms with Crippen molar-refractivity contribution in [1.82, 2.24) is 19.7 Å². The molecule has 4 rings (SSSR count). The Bertz CT molecular complexity index is 935. The van der Waals surface area contributed by atoms with Gasteiger partial charge >= 0.3 is 0 Å². The van der Waals surface area contributed by atoms with E-state index in [1.165, 1.54) is 18.6 Å². The minimum Gasteiger partial charge on any atom is -0.311 e. The number of aryl methyl sites for hydroxylation is 1. The Hall–Kier alpha value is -3.07. The van der Waals surface area contributed by atoms with Crippen LogP contribution in [0.25, 0.3) is 0 Å². The Morgan fingerprint density at radius 2 is 2.32 bits per heavy atom. The van der Waals surface area contributed by atoms with Crippen LogP contribution < -0.4 is 10.6 Å². The van der Waals surface area contributed by atoms with Crippen LogP contribution in [0, 0.1) is 0 Å². The molecule has 1 aliphatic rings. The van der Waals surface area contributed by atoms with Gasteiger partial charge in [-0.15, -0.1) is 11.3 Å². The van der Waals surface area contributed by atoms with Gasteiger partial charge in [-0.05, 0) is 11.4 Å². The van der Waals surface area contributed by atoms with Crippen molar-refractivity contribution in [2.75, 3.05) is 10.6 Å². The first-order valence-corrected chi connectivity index (χ1v) is 8.49. The molecular weight excluding hydrogens is 340 g/mol. The van der Waals surface area contributed by atoms with E-state index in [1.807, 2.05) is 17.5 Å². The van der Waals surface area contributed by atoms with Crippen molar-refractivity contribution >= 4 is 34.8 Å². The lowest BCUT2D eigenvalue weighted by atomic mass is 9.92. The molecule has 0 aromatic carbocycles. The highest BCUT2D eigenvalue weighted by atomic mass is 32.1. The van der Waals surface area contributed by atoms with Crippen LogP contribution in [0.2, 0.25) is 0 Å². The summed E-state index contributed by atoms with van der Waals surface area (Å²) in [6.07, 6.45) is 4.66. The van der Waals surface area contributed by atoms with Crippen LogP contribution in [-0.4, -0.2) is 31.6 Å². The smallest absolute Gasteiger partial charge is 0.277 e. The number of carbonyl (C=O) groups excluding carboxylic acids is 2. The van der Waals surface area contributed by atoms with Crippen molar-refractivity contribution in [3.8, 4) is 0 Å². The molecule has 1 aliphatic heterocycles. The molecule has 25 heavy (non-hydrogen) atoms. The van der Waals surface area contributed by atoms with E-state index in [2.05, 4.69) is 25.7 Å². The minimum absolute atomic E-state index is 0.0688. The Kier molecular flexibility index (Phi) is 3.77. The van der Waals surface area contributed by atoms with Crippen LogP contribution in [0.3, 0.4) is 0 Å². The van der Waals surface area contributed by atoms with Gasteiger partial charge in [-0.25, -0.2) is 4.98 Å². The monoisotopic (exact) mass is 354 g/mol. The number of hydrogen-bond donors (Lipinski definition) is 2. The second kappa shape index (κ2) is 6.10. The van der Waals surface area contributed by atoms with Gasteiger partial charge in [-0.1, -0.05) is 6.07 Å². The molecule has 0 unspecified atom stereocenters. The predicted molar refractivity (Wildman–Crippen MR) is 92.6 cm³/mol. The molecule has 0 saturated heterocycles. The summed E-state index contributed by atoms with van der Waals surface area (Å²) in [7, 11) is 1.73. The molecule has 0 saturated carbocycles. The fourth-order valence-corrected chi connectivity index (χ4v) is 3.74. The van der Waals surface area contributed by atoms with Gasteiger partial charge in [0.05, 0.1) is 6.20 Å². The zero-order chi connectivity index (χ0) is 17.4. The molecule has 8 nitrogen and oxygen atoms in total. The molecule has 0 spiro atoms. The summed E-state index contributed by atoms with van der Waals surface area (Å²) in [6, 6.07) is 3.93. The largest absolute Gasteiger partial charge is 0.311 e. The van der Waals surface area contributed by atoms with Gasteiger partial charge in [0.1, 0.15) is 11.5 Å². The summed E-state index contributed by atoms with van der Waals surface area (Å²) in [4.78, 5) is 33.5. The lowest BCUT2D eigenvalue weighted by Crippen LogP contribution is -2.25. The highest BCUT2D eigenvalue weighted by molar-refractivity contribution is 7.10. The van der Waals surface area contributed by atoms with E-state index < -0.39 is 5.91 Å². The molecule has 3 aromatic rings. The Morgan fingerprint density at radius 3 is 3.04 bits per heavy atom. The number of aromatic nitrogens is 4. The molecule has 0 fully saturated rings. The summed E-state index contributed by atoms with van der Waals surface area (Å²) in [6.45, 7) is 0. The molecule has 0 radical (unpaired) electrons. The maximum Gasteiger partial charge on any atom is 0.277 e. The number of fused-ring (bicyclic) bond motifs is 1. The Morgan fingerprint density at radius 1 is 1.44 bits per heavy atom. The molecule has 4 heterocycles. The van der Waals surface area contributed by atoms with E-state index in [1.54, 1.807) is 23.1 Å². The SMILES string of the molecule is Cn1nc(NC(=O)c2cnccn2)c2c1NC(=O)C[C@H]2c1cccs1. The van der Waals surface area contributed by atoms with Gasteiger partial charge in [0.15, 0.2) is 5.82 Å². The molecule has 3 aromatic heterocycles. The van der Waals surface area contributed by atoms with Gasteiger partial charge in [0.25, 0.3) is 5.91 Å². The first-order chi connectivity index (χ1) is 12.1. The van der Waals surface area contributed by atoms with Crippen LogP contribution in [0.4, 0.5) is 11.6 Å². The first kappa shape index (κ1) is 15.5. The number of thiophene rings is 1. The van der Waals surface area contributed by atoms with Crippen molar-refractivity contribution in [3.63, 3.8) is 0 Å². The summed E-state index contributed by atoms with van der Waals surface area (Å²) >= 11 is 1.58. The van der Waals surface area contributed by atoms with Crippen LogP contribution in [-0.2, 0) is 11.8 Å². The average molecular weight is 354 g/mol. The number of anilines is 2. The van der Waals surface area contributed by atoms with E-state index in [0.717, 1.165) is 10.4 Å². The average Bonchev–Trinajstić information content (AvgIpc) is 3.24. The maximum absolute atomic E-state index is 12.4. The highest BCUT2D eigenvalue weighted by Gasteiger charge is 2.34. The zero-order valence-corrected chi connectivity index (χ0v) is 14.1. The lowest BCUT2D eigenvalue weighted by Gasteiger charge is -2.22. The molecule has 0 bridgehead atoms. The molecular formula is C16H14N6O2S. The normalized spacial score (nSPS) is 16.2. The predicted octanol–water partition coefficient (Wildman–Crippen LogP) is 2.00. The molecule has 2 N–H and O–H groups in total. The highest BCUT2D eigenvalue weighted by Crippen LogP contribution is 2.42. The number of nitrogens with zero attached hydrogens (tertiary/aromatic N) is 4. The minimum atomic E-state index is -0.393. The Balaban J connectivity index is 1.74. The Labute approximate surface area is 146 Å². The summed E-state index contributed by atoms with van der Waals surface area (Å²) in [5, 5.41) is 12.0. The van der Waals surface area contributed by atoms with Gasteiger partial charge in [-0.2, -0.15) is 5.10 Å². The quantitative estimate of drug-likeness (QED) is 0.749. The van der Waals surface area contributed by atoms with Crippen LogP contribution >= 0.6 is 11.3 Å². The van der Waals surface area contributed by atoms with E-state index in [9.17, 15) is 9.59 Å². The van der Waals surface area contributed by atoms with Gasteiger partial charge in [0, 0.05) is 42.2 Å². The second-order valence-corrected chi connectivity index (χ2v) is 6.58. The topological polar surface area (TPSA) is 102 Å². The van der Waals surface area contributed by atoms with Gasteiger partial charge < -0.3 is 10.6 Å². The number of carbonyl (C=O) groups is 2. The number of rotatable bonds is 3. The van der Waals surface area contributed by atoms with E-state index in [-0.39, 0.29) is 17.5 Å². The third kappa shape index (κ3) is 2.78. The third-order valence-corrected chi connectivity index (χ3v) is 4.98. The standard InChI is InChI=1S/C16H14N6O2S/c1-22-15-13(9(7-12(23)19-15)11-3-2-6-25-11)14(21-22)20-16(24)10-8-17-4-5-18-10/h2-6,8-9H,7H2,1H3,(H,19,23)(H,20,21,24)/t9-/m0/s1. The maximum atomic E-state index is 12.4. The second-order valence-electron chi connectivity index (χ2n) is 5.60. The fourth-order valence-electron chi connectivity index (χ4n) is 2.90. The van der Waals surface area contributed by atoms with E-state index >= 15 is 0 Å². The molecule has 1 atom stereocenters. The van der Waals surface area contributed by atoms with Crippen molar-refractivity contribution in [2.45, 2.75) is 12.3 Å². The number of hydrogen-bond acceptors (Lipinski definition) is 6. The third-order valence-electron chi connectivity index (χ3n) is 3.99. The van der Waals surface area contributed by atoms with Crippen LogP contribution in [0.5, 0.6) is 0 Å². The lowest BCUT2D eigenvalue weighted by molar-refractivity contribution is -0.116. The van der Waals surface area contributed by atoms with E-state index in [0.29, 0.717) is 18.1 Å². The van der Waals surface area contributed by atoms with Crippen molar-refractivity contribution in [2.24, 2.45) is 7.05 Å². The summed E-state index contributed by atoms with van der Waals surface area (Å²) in [5.41, 5.74) is 1.01. The molecule has 126 valence electrons. The van der Waals surface area contributed by atoms with Crippen molar-refractivity contribution in [3.05, 3.63) is 52.2 Å². The van der Waals surface area contributed by atoms with Gasteiger partial charge in [-0.3, -0.25) is 19.3 Å². The number of amides is 2. The van der Waals surface area contributed by atoms with Crippen molar-refractivity contribution < 1.29 is 9.59 Å². The fraction of sp³-hybridized carbons (Fsp3) is 0.188. The van der Waals surface area contributed by atoms with Gasteiger partial charge in [0.2, 0.25) is 5.91 Å². The van der Waals surface area contributed by atoms with Crippen LogP contribution in [0.1, 0.15) is 33.3 Å². The van der Waals surface area contributed by atoms with E-state index in [4.69, 9.17) is 0 Å². The number of nitrogens with one attached hydrogen (secondary N) is 2. The summed E-state index contributed by atoms with van der Waals surface area (Å²) in [5.74, 6) is 0.418. The molecule has 2 amide bonds. The molecule has 9 heteroatoms. The van der Waals surface area contributed by atoms with Crippen molar-refractivity contribution in [1.29, 1.82) is 0 Å².